The third-order valence-corrected chi connectivity index (χ3v) is 9.53. The van der Waals surface area contributed by atoms with E-state index in [1.807, 2.05) is 7.11 Å². The molecule has 4 heterocycles. The lowest BCUT2D eigenvalue weighted by Crippen LogP contribution is -2.58. The number of carbonyl (C=O) groups is 2. The Hall–Kier alpha value is -1.26. The number of piperidine rings is 1. The van der Waals surface area contributed by atoms with Gasteiger partial charge in [-0.25, -0.2) is 0 Å². The third kappa shape index (κ3) is 6.41. The largest absolute Gasteiger partial charge is 0.381 e. The van der Waals surface area contributed by atoms with Crippen molar-refractivity contribution >= 4 is 11.8 Å². The zero-order chi connectivity index (χ0) is 24.9. The average molecular weight is 505 g/mol. The maximum absolute atomic E-state index is 13.0. The van der Waals surface area contributed by atoms with Crippen LogP contribution in [0.3, 0.4) is 0 Å². The zero-order valence-electron chi connectivity index (χ0n) is 22.3. The van der Waals surface area contributed by atoms with Crippen LogP contribution in [0.2, 0.25) is 0 Å². The summed E-state index contributed by atoms with van der Waals surface area (Å²) in [7, 11) is 1.82. The number of nitrogens with zero attached hydrogens (tertiary/aromatic N) is 3. The minimum atomic E-state index is -0.0490. The Labute approximate surface area is 217 Å². The summed E-state index contributed by atoms with van der Waals surface area (Å²) in [6.07, 6.45) is 11.8. The zero-order valence-corrected chi connectivity index (χ0v) is 22.3. The number of carbonyl (C=O) groups excluding carboxylic acids is 2. The van der Waals surface area contributed by atoms with Crippen molar-refractivity contribution in [3.8, 4) is 0 Å². The third-order valence-electron chi connectivity index (χ3n) is 9.53. The van der Waals surface area contributed by atoms with Gasteiger partial charge in [-0.05, 0) is 76.8 Å². The number of hydrogen-bond acceptors (Lipinski definition) is 7. The molecule has 3 N–H and O–H groups in total. The van der Waals surface area contributed by atoms with Crippen LogP contribution in [-0.4, -0.2) is 116 Å². The molecule has 1 saturated carbocycles. The molecule has 0 aromatic heterocycles. The summed E-state index contributed by atoms with van der Waals surface area (Å²) in [5.41, 5.74) is 0. The molecular formula is C27H48N6O3. The second-order valence-electron chi connectivity index (χ2n) is 11.8. The van der Waals surface area contributed by atoms with E-state index in [1.165, 1.54) is 32.1 Å². The fourth-order valence-corrected chi connectivity index (χ4v) is 7.17. The van der Waals surface area contributed by atoms with Gasteiger partial charge in [0, 0.05) is 64.9 Å². The van der Waals surface area contributed by atoms with Gasteiger partial charge in [0.1, 0.15) is 0 Å². The summed E-state index contributed by atoms with van der Waals surface area (Å²) in [5, 5.41) is 10.5. The van der Waals surface area contributed by atoms with Crippen molar-refractivity contribution in [2.24, 2.45) is 5.92 Å². The van der Waals surface area contributed by atoms with Gasteiger partial charge in [0.05, 0.1) is 18.3 Å². The number of methoxy groups -OCH3 is 1. The van der Waals surface area contributed by atoms with E-state index in [0.29, 0.717) is 37.2 Å². The molecule has 0 aromatic carbocycles. The highest BCUT2D eigenvalue weighted by molar-refractivity contribution is 5.83. The Morgan fingerprint density at radius 1 is 1.08 bits per heavy atom. The van der Waals surface area contributed by atoms with Crippen molar-refractivity contribution in [2.45, 2.75) is 94.6 Å². The molecule has 0 spiro atoms. The van der Waals surface area contributed by atoms with Crippen molar-refractivity contribution in [1.82, 2.24) is 30.7 Å². The van der Waals surface area contributed by atoms with Gasteiger partial charge in [0.15, 0.2) is 0 Å². The van der Waals surface area contributed by atoms with Crippen molar-refractivity contribution in [3.05, 3.63) is 0 Å². The number of nitrogens with one attached hydrogen (secondary N) is 3. The number of fused-ring (bicyclic) bond motifs is 1. The molecule has 9 heteroatoms. The van der Waals surface area contributed by atoms with E-state index in [1.54, 1.807) is 0 Å². The summed E-state index contributed by atoms with van der Waals surface area (Å²) in [4.78, 5) is 32.6. The molecule has 4 unspecified atom stereocenters. The van der Waals surface area contributed by atoms with Crippen molar-refractivity contribution in [2.75, 3.05) is 59.5 Å². The molecule has 1 aliphatic carbocycles. The number of rotatable bonds is 8. The Kier molecular flexibility index (Phi) is 9.17. The predicted octanol–water partition coefficient (Wildman–Crippen LogP) is 0.747. The smallest absolute Gasteiger partial charge is 0.237 e. The SMILES string of the molecule is COC1CCC(CNC2CC3C(=O)NCC(CCC(=O)N4CCN(C5CCCCN5)CC4)N3C2)CC1. The first kappa shape index (κ1) is 26.4. The predicted molar refractivity (Wildman–Crippen MR) is 139 cm³/mol. The Morgan fingerprint density at radius 2 is 1.89 bits per heavy atom. The normalized spacial score (nSPS) is 36.5. The Balaban J connectivity index is 1.04. The van der Waals surface area contributed by atoms with Crippen LogP contribution in [0.15, 0.2) is 0 Å². The van der Waals surface area contributed by atoms with Gasteiger partial charge in [0.25, 0.3) is 0 Å². The van der Waals surface area contributed by atoms with E-state index in [9.17, 15) is 9.59 Å². The summed E-state index contributed by atoms with van der Waals surface area (Å²) >= 11 is 0. The van der Waals surface area contributed by atoms with E-state index in [-0.39, 0.29) is 23.9 Å². The fourth-order valence-electron chi connectivity index (χ4n) is 7.17. The molecule has 9 nitrogen and oxygen atoms in total. The average Bonchev–Trinajstić information content (AvgIpc) is 3.38. The molecule has 0 radical (unpaired) electrons. The van der Waals surface area contributed by atoms with E-state index in [2.05, 4.69) is 30.7 Å². The van der Waals surface area contributed by atoms with E-state index in [4.69, 9.17) is 4.74 Å². The highest BCUT2D eigenvalue weighted by Gasteiger charge is 2.43. The molecule has 36 heavy (non-hydrogen) atoms. The van der Waals surface area contributed by atoms with E-state index >= 15 is 0 Å². The van der Waals surface area contributed by atoms with Crippen LogP contribution in [0, 0.1) is 5.92 Å². The van der Waals surface area contributed by atoms with Crippen LogP contribution in [0.1, 0.15) is 64.2 Å². The lowest BCUT2D eigenvalue weighted by atomic mass is 9.87. The van der Waals surface area contributed by atoms with Crippen LogP contribution < -0.4 is 16.0 Å². The summed E-state index contributed by atoms with van der Waals surface area (Å²) < 4.78 is 5.51. The molecule has 4 aliphatic heterocycles. The number of ether oxygens (including phenoxy) is 1. The molecule has 5 fully saturated rings. The molecule has 4 saturated heterocycles. The molecule has 0 aromatic rings. The highest BCUT2D eigenvalue weighted by atomic mass is 16.5. The van der Waals surface area contributed by atoms with Gasteiger partial charge in [-0.2, -0.15) is 0 Å². The number of amides is 2. The molecule has 5 aliphatic rings. The first-order valence-corrected chi connectivity index (χ1v) is 14.7. The number of hydrogen-bond donors (Lipinski definition) is 3. The minimum absolute atomic E-state index is 0.0490. The maximum Gasteiger partial charge on any atom is 0.237 e. The van der Waals surface area contributed by atoms with E-state index in [0.717, 1.165) is 71.5 Å². The summed E-state index contributed by atoms with van der Waals surface area (Å²) in [5.74, 6) is 1.15. The van der Waals surface area contributed by atoms with Gasteiger partial charge >= 0.3 is 0 Å². The second kappa shape index (κ2) is 12.5. The van der Waals surface area contributed by atoms with Crippen molar-refractivity contribution in [3.63, 3.8) is 0 Å². The van der Waals surface area contributed by atoms with Crippen LogP contribution in [-0.2, 0) is 14.3 Å². The molecule has 5 rings (SSSR count). The topological polar surface area (TPSA) is 89.2 Å². The van der Waals surface area contributed by atoms with Gasteiger partial charge < -0.3 is 25.6 Å². The van der Waals surface area contributed by atoms with Gasteiger partial charge in [-0.1, -0.05) is 0 Å². The maximum atomic E-state index is 13.0. The lowest BCUT2D eigenvalue weighted by Gasteiger charge is -2.41. The van der Waals surface area contributed by atoms with Gasteiger partial charge in [-0.15, -0.1) is 0 Å². The van der Waals surface area contributed by atoms with Crippen LogP contribution in [0.4, 0.5) is 0 Å². The molecule has 204 valence electrons. The lowest BCUT2D eigenvalue weighted by molar-refractivity contribution is -0.134. The first-order valence-electron chi connectivity index (χ1n) is 14.7. The molecule has 0 bridgehead atoms. The Morgan fingerprint density at radius 3 is 2.61 bits per heavy atom. The summed E-state index contributed by atoms with van der Waals surface area (Å²) in [6.45, 7) is 7.34. The van der Waals surface area contributed by atoms with Crippen molar-refractivity contribution < 1.29 is 14.3 Å². The monoisotopic (exact) mass is 504 g/mol. The number of piperazine rings is 2. The summed E-state index contributed by atoms with van der Waals surface area (Å²) in [6, 6.07) is 0.569. The van der Waals surface area contributed by atoms with Crippen molar-refractivity contribution in [1.29, 1.82) is 0 Å². The molecule has 4 atom stereocenters. The van der Waals surface area contributed by atoms with Crippen LogP contribution in [0.25, 0.3) is 0 Å². The first-order chi connectivity index (χ1) is 17.6. The highest BCUT2D eigenvalue weighted by Crippen LogP contribution is 2.28. The van der Waals surface area contributed by atoms with Crippen LogP contribution in [0.5, 0.6) is 0 Å². The molecular weight excluding hydrogens is 456 g/mol. The Bertz CT molecular complexity index is 731. The molecule has 2 amide bonds. The fraction of sp³-hybridized carbons (Fsp3) is 0.926. The quantitative estimate of drug-likeness (QED) is 0.450. The second-order valence-corrected chi connectivity index (χ2v) is 11.8. The standard InChI is InChI=1S/C27H48N6O3/c1-36-23-8-5-20(6-9-23)17-29-21-16-24-27(35)30-18-22(33(24)19-21)7-10-26(34)32-14-12-31(13-15-32)25-4-2-3-11-28-25/h20-25,28-29H,2-19H2,1H3,(H,30,35). The van der Waals surface area contributed by atoms with Gasteiger partial charge in [0.2, 0.25) is 11.8 Å². The van der Waals surface area contributed by atoms with Crippen LogP contribution >= 0.6 is 0 Å². The van der Waals surface area contributed by atoms with E-state index < -0.39 is 0 Å². The van der Waals surface area contributed by atoms with Gasteiger partial charge in [-0.3, -0.25) is 19.4 Å². The minimum Gasteiger partial charge on any atom is -0.381 e.